The van der Waals surface area contributed by atoms with Crippen LogP contribution in [0.15, 0.2) is 12.1 Å². The van der Waals surface area contributed by atoms with Crippen LogP contribution >= 0.6 is 11.3 Å². The molecule has 2 heteroatoms. The van der Waals surface area contributed by atoms with Gasteiger partial charge in [0.05, 0.1) is 0 Å². The van der Waals surface area contributed by atoms with Gasteiger partial charge in [0.2, 0.25) is 0 Å². The van der Waals surface area contributed by atoms with Crippen LogP contribution in [0.3, 0.4) is 0 Å². The second-order valence-corrected chi connectivity index (χ2v) is 5.02. The normalized spacial score (nSPS) is 13.6. The van der Waals surface area contributed by atoms with Crippen molar-refractivity contribution < 1.29 is 0 Å². The van der Waals surface area contributed by atoms with Gasteiger partial charge >= 0.3 is 0 Å². The van der Waals surface area contributed by atoms with E-state index in [9.17, 15) is 0 Å². The summed E-state index contributed by atoms with van der Waals surface area (Å²) in [6, 6.07) is 4.61. The Morgan fingerprint density at radius 2 is 2.08 bits per heavy atom. The number of hydrogen-bond acceptors (Lipinski definition) is 2. The maximum atomic E-state index is 6.06. The first-order valence-corrected chi connectivity index (χ1v) is 5.81. The molecule has 1 aromatic heterocycles. The molecule has 0 fully saturated rings. The Morgan fingerprint density at radius 1 is 1.38 bits per heavy atom. The fourth-order valence-electron chi connectivity index (χ4n) is 1.28. The van der Waals surface area contributed by atoms with Gasteiger partial charge in [0, 0.05) is 15.8 Å². The highest BCUT2D eigenvalue weighted by molar-refractivity contribution is 7.12. The topological polar surface area (TPSA) is 26.0 Å². The Kier molecular flexibility index (Phi) is 3.94. The van der Waals surface area contributed by atoms with E-state index in [1.165, 1.54) is 22.6 Å². The summed E-state index contributed by atoms with van der Waals surface area (Å²) in [5.74, 6) is 0.535. The van der Waals surface area contributed by atoms with Gasteiger partial charge in [-0.1, -0.05) is 27.2 Å². The van der Waals surface area contributed by atoms with Gasteiger partial charge in [-0.3, -0.25) is 0 Å². The van der Waals surface area contributed by atoms with Crippen LogP contribution in [0, 0.1) is 5.92 Å². The van der Waals surface area contributed by atoms with Crippen molar-refractivity contribution in [1.82, 2.24) is 0 Å². The van der Waals surface area contributed by atoms with Crippen molar-refractivity contribution in [1.29, 1.82) is 0 Å². The van der Waals surface area contributed by atoms with Crippen LogP contribution in [0.2, 0.25) is 0 Å². The first-order chi connectivity index (χ1) is 6.15. The van der Waals surface area contributed by atoms with Gasteiger partial charge in [-0.05, 0) is 24.5 Å². The molecule has 0 amide bonds. The second kappa shape index (κ2) is 4.77. The van der Waals surface area contributed by atoms with Crippen LogP contribution in [0.5, 0.6) is 0 Å². The van der Waals surface area contributed by atoms with Crippen molar-refractivity contribution in [3.63, 3.8) is 0 Å². The monoisotopic (exact) mass is 197 g/mol. The molecule has 0 aromatic carbocycles. The van der Waals surface area contributed by atoms with Crippen LogP contribution in [-0.2, 0) is 6.42 Å². The van der Waals surface area contributed by atoms with E-state index in [-0.39, 0.29) is 6.04 Å². The average Bonchev–Trinajstić information content (AvgIpc) is 2.52. The third-order valence-corrected chi connectivity index (χ3v) is 3.47. The molecule has 0 unspecified atom stereocenters. The molecular formula is C11H19NS. The zero-order valence-corrected chi connectivity index (χ0v) is 9.53. The predicted octanol–water partition coefficient (Wildman–Crippen LogP) is 3.36. The Balaban J connectivity index is 2.67. The van der Waals surface area contributed by atoms with Crippen molar-refractivity contribution in [2.45, 2.75) is 39.7 Å². The average molecular weight is 197 g/mol. The van der Waals surface area contributed by atoms with E-state index in [1.54, 1.807) is 0 Å². The van der Waals surface area contributed by atoms with Gasteiger partial charge in [-0.15, -0.1) is 11.3 Å². The van der Waals surface area contributed by atoms with Gasteiger partial charge in [0.15, 0.2) is 0 Å². The summed E-state index contributed by atoms with van der Waals surface area (Å²) in [5, 5.41) is 0. The third kappa shape index (κ3) is 2.82. The highest BCUT2D eigenvalue weighted by atomic mass is 32.1. The smallest absolute Gasteiger partial charge is 0.0413 e. The van der Waals surface area contributed by atoms with E-state index in [1.807, 2.05) is 11.3 Å². The maximum Gasteiger partial charge on any atom is 0.0413 e. The molecule has 0 radical (unpaired) electrons. The molecule has 0 bridgehead atoms. The third-order valence-electron chi connectivity index (χ3n) is 2.23. The number of nitrogens with two attached hydrogens (primary N) is 1. The quantitative estimate of drug-likeness (QED) is 0.787. The molecular weight excluding hydrogens is 178 g/mol. The van der Waals surface area contributed by atoms with Crippen LogP contribution < -0.4 is 5.73 Å². The first kappa shape index (κ1) is 10.7. The van der Waals surface area contributed by atoms with Crippen molar-refractivity contribution in [3.8, 4) is 0 Å². The predicted molar refractivity (Wildman–Crippen MR) is 60.1 cm³/mol. The maximum absolute atomic E-state index is 6.06. The zero-order valence-electron chi connectivity index (χ0n) is 8.71. The van der Waals surface area contributed by atoms with Crippen LogP contribution in [0.25, 0.3) is 0 Å². The lowest BCUT2D eigenvalue weighted by molar-refractivity contribution is 0.521. The van der Waals surface area contributed by atoms with Crippen LogP contribution in [0.4, 0.5) is 0 Å². The number of rotatable bonds is 4. The molecule has 0 aliphatic rings. The summed E-state index contributed by atoms with van der Waals surface area (Å²) < 4.78 is 0. The summed E-state index contributed by atoms with van der Waals surface area (Å²) in [6.07, 6.45) is 2.41. The van der Waals surface area contributed by atoms with E-state index in [4.69, 9.17) is 5.73 Å². The molecule has 2 N–H and O–H groups in total. The summed E-state index contributed by atoms with van der Waals surface area (Å²) in [4.78, 5) is 2.80. The Hall–Kier alpha value is -0.340. The minimum Gasteiger partial charge on any atom is -0.323 e. The van der Waals surface area contributed by atoms with Crippen molar-refractivity contribution in [2.24, 2.45) is 11.7 Å². The van der Waals surface area contributed by atoms with Gasteiger partial charge in [0.25, 0.3) is 0 Å². The molecule has 1 atom stereocenters. The van der Waals surface area contributed by atoms with Crippen molar-refractivity contribution in [3.05, 3.63) is 21.9 Å². The fourth-order valence-corrected chi connectivity index (χ4v) is 2.57. The van der Waals surface area contributed by atoms with E-state index < -0.39 is 0 Å². The summed E-state index contributed by atoms with van der Waals surface area (Å²) >= 11 is 1.87. The molecule has 13 heavy (non-hydrogen) atoms. The minimum absolute atomic E-state index is 0.218. The summed E-state index contributed by atoms with van der Waals surface area (Å²) in [6.45, 7) is 6.55. The number of aryl methyl sites for hydroxylation is 1. The molecule has 0 aliphatic heterocycles. The number of hydrogen-bond donors (Lipinski definition) is 1. The standard InChI is InChI=1S/C11H19NS/c1-4-5-9-6-7-10(13-9)11(12)8(2)3/h6-8,11H,4-5,12H2,1-3H3/t11-/m1/s1. The Bertz CT molecular complexity index is 252. The Morgan fingerprint density at radius 3 is 2.62 bits per heavy atom. The molecule has 0 aliphatic carbocycles. The lowest BCUT2D eigenvalue weighted by Gasteiger charge is -2.12. The Labute approximate surface area is 85.0 Å². The van der Waals surface area contributed by atoms with Gasteiger partial charge in [-0.2, -0.15) is 0 Å². The van der Waals surface area contributed by atoms with Crippen LogP contribution in [0.1, 0.15) is 43.0 Å². The largest absolute Gasteiger partial charge is 0.323 e. The highest BCUT2D eigenvalue weighted by Crippen LogP contribution is 2.27. The van der Waals surface area contributed by atoms with Crippen molar-refractivity contribution in [2.75, 3.05) is 0 Å². The first-order valence-electron chi connectivity index (χ1n) is 4.99. The SMILES string of the molecule is CCCc1ccc([C@H](N)C(C)C)s1. The molecule has 0 saturated heterocycles. The van der Waals surface area contributed by atoms with Gasteiger partial charge in [-0.25, -0.2) is 0 Å². The second-order valence-electron chi connectivity index (χ2n) is 3.82. The lowest BCUT2D eigenvalue weighted by atomic mass is 10.0. The van der Waals surface area contributed by atoms with Gasteiger partial charge < -0.3 is 5.73 Å². The molecule has 1 rings (SSSR count). The molecule has 1 aromatic rings. The van der Waals surface area contributed by atoms with Gasteiger partial charge in [0.1, 0.15) is 0 Å². The lowest BCUT2D eigenvalue weighted by Crippen LogP contribution is -2.14. The molecule has 0 saturated carbocycles. The number of thiophene rings is 1. The van der Waals surface area contributed by atoms with E-state index >= 15 is 0 Å². The van der Waals surface area contributed by atoms with E-state index in [0.717, 1.165) is 0 Å². The molecule has 0 spiro atoms. The fraction of sp³-hybridized carbons (Fsp3) is 0.636. The van der Waals surface area contributed by atoms with E-state index in [2.05, 4.69) is 32.9 Å². The summed E-state index contributed by atoms with van der Waals surface area (Å²) in [7, 11) is 0. The highest BCUT2D eigenvalue weighted by Gasteiger charge is 2.12. The zero-order chi connectivity index (χ0) is 9.84. The van der Waals surface area contributed by atoms with Crippen molar-refractivity contribution >= 4 is 11.3 Å². The molecule has 1 heterocycles. The minimum atomic E-state index is 0.218. The van der Waals surface area contributed by atoms with E-state index in [0.29, 0.717) is 5.92 Å². The molecule has 1 nitrogen and oxygen atoms in total. The van der Waals surface area contributed by atoms with Crippen LogP contribution in [-0.4, -0.2) is 0 Å². The molecule has 74 valence electrons. The summed E-state index contributed by atoms with van der Waals surface area (Å²) in [5.41, 5.74) is 6.06.